The van der Waals surface area contributed by atoms with E-state index in [4.69, 9.17) is 17.0 Å². The molecule has 0 saturated heterocycles. The van der Waals surface area contributed by atoms with Crippen LogP contribution in [-0.4, -0.2) is 18.1 Å². The van der Waals surface area contributed by atoms with Crippen LogP contribution in [0.15, 0.2) is 48.5 Å². The number of methoxy groups -OCH3 is 1. The van der Waals surface area contributed by atoms with Crippen LogP contribution in [0.1, 0.15) is 21.5 Å². The predicted octanol–water partition coefficient (Wildman–Crippen LogP) is 5.20. The van der Waals surface area contributed by atoms with E-state index in [9.17, 15) is 4.79 Å². The number of carbonyl (C=O) groups is 1. The molecule has 27 heavy (non-hydrogen) atoms. The fourth-order valence-electron chi connectivity index (χ4n) is 2.81. The maximum absolute atomic E-state index is 12.8. The Labute approximate surface area is 177 Å². The topological polar surface area (TPSA) is 50.4 Å². The SMILES string of the molecule is COc1cc2ccccc2cc1C(=O)NC(=S)Nc1cc(C)c(I)cc1C. The van der Waals surface area contributed by atoms with E-state index < -0.39 is 0 Å². The number of ether oxygens (including phenoxy) is 1. The lowest BCUT2D eigenvalue weighted by Crippen LogP contribution is -2.34. The zero-order chi connectivity index (χ0) is 19.6. The van der Waals surface area contributed by atoms with Crippen LogP contribution in [0.2, 0.25) is 0 Å². The normalized spacial score (nSPS) is 10.5. The van der Waals surface area contributed by atoms with Gasteiger partial charge in [0.15, 0.2) is 5.11 Å². The molecule has 3 aromatic carbocycles. The predicted molar refractivity (Wildman–Crippen MR) is 123 cm³/mol. The fourth-order valence-corrected chi connectivity index (χ4v) is 3.63. The van der Waals surface area contributed by atoms with E-state index >= 15 is 0 Å². The molecule has 0 fully saturated rings. The smallest absolute Gasteiger partial charge is 0.261 e. The number of carbonyl (C=O) groups excluding carboxylic acids is 1. The number of rotatable bonds is 3. The van der Waals surface area contributed by atoms with Gasteiger partial charge in [-0.15, -0.1) is 0 Å². The molecule has 0 aliphatic carbocycles. The quantitative estimate of drug-likeness (QED) is 0.392. The highest BCUT2D eigenvalue weighted by molar-refractivity contribution is 14.1. The lowest BCUT2D eigenvalue weighted by molar-refractivity contribution is 0.0975. The Morgan fingerprint density at radius 2 is 1.70 bits per heavy atom. The van der Waals surface area contributed by atoms with Crippen molar-refractivity contribution in [1.29, 1.82) is 0 Å². The Morgan fingerprint density at radius 1 is 1.04 bits per heavy atom. The highest BCUT2D eigenvalue weighted by atomic mass is 127. The first-order chi connectivity index (χ1) is 12.9. The lowest BCUT2D eigenvalue weighted by atomic mass is 10.1. The summed E-state index contributed by atoms with van der Waals surface area (Å²) < 4.78 is 6.58. The van der Waals surface area contributed by atoms with Crippen molar-refractivity contribution >= 4 is 62.3 Å². The molecule has 0 spiro atoms. The Morgan fingerprint density at radius 3 is 2.37 bits per heavy atom. The lowest BCUT2D eigenvalue weighted by Gasteiger charge is -2.15. The molecule has 0 radical (unpaired) electrons. The molecule has 0 heterocycles. The van der Waals surface area contributed by atoms with Crippen LogP contribution in [0, 0.1) is 17.4 Å². The van der Waals surface area contributed by atoms with E-state index in [0.717, 1.165) is 27.6 Å². The van der Waals surface area contributed by atoms with Crippen molar-refractivity contribution in [3.63, 3.8) is 0 Å². The van der Waals surface area contributed by atoms with Crippen LogP contribution >= 0.6 is 34.8 Å². The molecule has 1 amide bonds. The van der Waals surface area contributed by atoms with Gasteiger partial charge in [0.1, 0.15) is 5.75 Å². The molecule has 0 bridgehead atoms. The number of benzene rings is 3. The summed E-state index contributed by atoms with van der Waals surface area (Å²) in [5, 5.41) is 8.08. The van der Waals surface area contributed by atoms with E-state index in [1.807, 2.05) is 56.3 Å². The number of amides is 1. The van der Waals surface area contributed by atoms with Crippen LogP contribution in [0.5, 0.6) is 5.75 Å². The molecule has 0 unspecified atom stereocenters. The second-order valence-corrected chi connectivity index (χ2v) is 7.79. The zero-order valence-corrected chi connectivity index (χ0v) is 18.2. The van der Waals surface area contributed by atoms with Crippen molar-refractivity contribution in [2.24, 2.45) is 0 Å². The van der Waals surface area contributed by atoms with Crippen LogP contribution in [0.3, 0.4) is 0 Å². The van der Waals surface area contributed by atoms with Crippen LogP contribution in [-0.2, 0) is 0 Å². The number of fused-ring (bicyclic) bond motifs is 1. The number of halogens is 1. The van der Waals surface area contributed by atoms with E-state index in [-0.39, 0.29) is 11.0 Å². The molecular weight excluding hydrogens is 471 g/mol. The van der Waals surface area contributed by atoms with Gasteiger partial charge >= 0.3 is 0 Å². The van der Waals surface area contributed by atoms with E-state index in [1.54, 1.807) is 7.11 Å². The zero-order valence-electron chi connectivity index (χ0n) is 15.2. The second kappa shape index (κ2) is 8.22. The molecule has 0 atom stereocenters. The molecule has 0 aliphatic rings. The summed E-state index contributed by atoms with van der Waals surface area (Å²) in [4.78, 5) is 12.8. The molecule has 0 saturated carbocycles. The highest BCUT2D eigenvalue weighted by Crippen LogP contribution is 2.26. The minimum absolute atomic E-state index is 0.249. The number of anilines is 1. The standard InChI is InChI=1S/C21H19IN2O2S/c1-12-9-18(13(2)8-17(12)22)23-21(27)24-20(25)16-10-14-6-4-5-7-15(14)11-19(16)26-3/h4-11H,1-3H3,(H2,23,24,25,27). The first kappa shape index (κ1) is 19.6. The Kier molecular flexibility index (Phi) is 5.96. The van der Waals surface area contributed by atoms with Gasteiger partial charge in [-0.2, -0.15) is 0 Å². The first-order valence-corrected chi connectivity index (χ1v) is 9.83. The van der Waals surface area contributed by atoms with Gasteiger partial charge in [0.25, 0.3) is 5.91 Å². The van der Waals surface area contributed by atoms with Crippen LogP contribution < -0.4 is 15.4 Å². The van der Waals surface area contributed by atoms with Gasteiger partial charge in [0.05, 0.1) is 12.7 Å². The molecule has 2 N–H and O–H groups in total. The van der Waals surface area contributed by atoms with E-state index in [1.165, 1.54) is 3.57 Å². The van der Waals surface area contributed by atoms with E-state index in [2.05, 4.69) is 39.3 Å². The van der Waals surface area contributed by atoms with E-state index in [0.29, 0.717) is 11.3 Å². The largest absolute Gasteiger partial charge is 0.496 e. The van der Waals surface area contributed by atoms with Crippen molar-refractivity contribution in [2.75, 3.05) is 12.4 Å². The van der Waals surface area contributed by atoms with Crippen molar-refractivity contribution < 1.29 is 9.53 Å². The first-order valence-electron chi connectivity index (χ1n) is 8.35. The van der Waals surface area contributed by atoms with Gasteiger partial charge < -0.3 is 10.1 Å². The molecule has 3 rings (SSSR count). The molecule has 0 aromatic heterocycles. The molecule has 4 nitrogen and oxygen atoms in total. The van der Waals surface area contributed by atoms with Gasteiger partial charge in [0, 0.05) is 9.26 Å². The second-order valence-electron chi connectivity index (χ2n) is 6.22. The number of aryl methyl sites for hydroxylation is 2. The van der Waals surface area contributed by atoms with Crippen molar-refractivity contribution in [2.45, 2.75) is 13.8 Å². The monoisotopic (exact) mass is 490 g/mol. The third-order valence-electron chi connectivity index (χ3n) is 4.29. The van der Waals surface area contributed by atoms with Gasteiger partial charge in [-0.25, -0.2) is 0 Å². The highest BCUT2D eigenvalue weighted by Gasteiger charge is 2.15. The summed E-state index contributed by atoms with van der Waals surface area (Å²) in [5.74, 6) is 0.199. The molecular formula is C21H19IN2O2S. The number of hydrogen-bond acceptors (Lipinski definition) is 3. The molecule has 0 aliphatic heterocycles. The summed E-state index contributed by atoms with van der Waals surface area (Å²) in [6, 6.07) is 15.6. The van der Waals surface area contributed by atoms with Crippen LogP contribution in [0.25, 0.3) is 10.8 Å². The Bertz CT molecular complexity index is 1050. The molecule has 138 valence electrons. The third kappa shape index (κ3) is 4.39. The maximum Gasteiger partial charge on any atom is 0.261 e. The Balaban J connectivity index is 1.82. The average Bonchev–Trinajstić information content (AvgIpc) is 2.64. The van der Waals surface area contributed by atoms with Gasteiger partial charge in [-0.3, -0.25) is 10.1 Å². The summed E-state index contributed by atoms with van der Waals surface area (Å²) in [6.07, 6.45) is 0. The Hall–Kier alpha value is -2.19. The van der Waals surface area contributed by atoms with Crippen molar-refractivity contribution in [3.8, 4) is 5.75 Å². The number of nitrogens with one attached hydrogen (secondary N) is 2. The van der Waals surface area contributed by atoms with Gasteiger partial charge in [0.2, 0.25) is 0 Å². The average molecular weight is 490 g/mol. The van der Waals surface area contributed by atoms with Crippen molar-refractivity contribution in [1.82, 2.24) is 5.32 Å². The molecule has 6 heteroatoms. The number of thiocarbonyl (C=S) groups is 1. The van der Waals surface area contributed by atoms with Gasteiger partial charge in [-0.1, -0.05) is 24.3 Å². The maximum atomic E-state index is 12.8. The van der Waals surface area contributed by atoms with Gasteiger partial charge in [-0.05, 0) is 94.8 Å². The minimum Gasteiger partial charge on any atom is -0.496 e. The third-order valence-corrected chi connectivity index (χ3v) is 5.66. The number of hydrogen-bond donors (Lipinski definition) is 2. The fraction of sp³-hybridized carbons (Fsp3) is 0.143. The summed E-state index contributed by atoms with van der Waals surface area (Å²) in [7, 11) is 1.55. The summed E-state index contributed by atoms with van der Waals surface area (Å²) in [6.45, 7) is 4.04. The van der Waals surface area contributed by atoms with Crippen LogP contribution in [0.4, 0.5) is 5.69 Å². The summed E-state index contributed by atoms with van der Waals surface area (Å²) in [5.41, 5.74) is 3.53. The minimum atomic E-state index is -0.310. The summed E-state index contributed by atoms with van der Waals surface area (Å²) >= 11 is 7.64. The van der Waals surface area contributed by atoms with Crippen molar-refractivity contribution in [3.05, 3.63) is 68.8 Å². The molecule has 3 aromatic rings.